The molecule has 0 fully saturated rings. The Hall–Kier alpha value is -2.38. The number of hydrogen-bond acceptors (Lipinski definition) is 4. The minimum atomic E-state index is -3.56. The molecule has 1 amide bonds. The zero-order valence-electron chi connectivity index (χ0n) is 13.7. The first-order valence-corrected chi connectivity index (χ1v) is 8.88. The first kappa shape index (κ1) is 18.0. The average molecular weight is 348 g/mol. The number of sulfonamides is 1. The number of amides is 1. The Labute approximate surface area is 141 Å². The summed E-state index contributed by atoms with van der Waals surface area (Å²) in [5, 5.41) is 2.74. The molecule has 0 radical (unpaired) electrons. The Morgan fingerprint density at radius 1 is 1.00 bits per heavy atom. The predicted molar refractivity (Wildman–Crippen MR) is 92.8 cm³/mol. The fourth-order valence-electron chi connectivity index (χ4n) is 2.04. The van der Waals surface area contributed by atoms with Crippen molar-refractivity contribution in [3.8, 4) is 5.75 Å². The van der Waals surface area contributed by atoms with Crippen molar-refractivity contribution in [1.29, 1.82) is 0 Å². The van der Waals surface area contributed by atoms with Crippen LogP contribution in [0.3, 0.4) is 0 Å². The summed E-state index contributed by atoms with van der Waals surface area (Å²) in [4.78, 5) is 12.3. The van der Waals surface area contributed by atoms with E-state index in [4.69, 9.17) is 4.74 Å². The molecular formula is C17H20N2O4S. The molecule has 0 bridgehead atoms. The van der Waals surface area contributed by atoms with Gasteiger partial charge in [0.25, 0.3) is 5.91 Å². The Bertz CT molecular complexity index is 797. The largest absolute Gasteiger partial charge is 0.497 e. The van der Waals surface area contributed by atoms with Gasteiger partial charge >= 0.3 is 0 Å². The van der Waals surface area contributed by atoms with Gasteiger partial charge in [0.15, 0.2) is 0 Å². The molecule has 0 saturated carbocycles. The molecule has 2 N–H and O–H groups in total. The van der Waals surface area contributed by atoms with Crippen LogP contribution < -0.4 is 14.8 Å². The van der Waals surface area contributed by atoms with Crippen LogP contribution >= 0.6 is 0 Å². The van der Waals surface area contributed by atoms with E-state index in [0.29, 0.717) is 17.0 Å². The molecule has 2 aromatic rings. The van der Waals surface area contributed by atoms with Crippen LogP contribution in [0.4, 0.5) is 5.69 Å². The van der Waals surface area contributed by atoms with E-state index in [0.717, 1.165) is 0 Å². The lowest BCUT2D eigenvalue weighted by molar-refractivity contribution is 0.102. The number of benzene rings is 2. The fourth-order valence-corrected chi connectivity index (χ4v) is 3.29. The molecule has 7 heteroatoms. The van der Waals surface area contributed by atoms with Gasteiger partial charge in [-0.1, -0.05) is 0 Å². The molecule has 0 aromatic heterocycles. The molecule has 6 nitrogen and oxygen atoms in total. The summed E-state index contributed by atoms with van der Waals surface area (Å²) in [5.41, 5.74) is 0.994. The van der Waals surface area contributed by atoms with E-state index in [1.807, 2.05) is 0 Å². The highest BCUT2D eigenvalue weighted by molar-refractivity contribution is 7.89. The van der Waals surface area contributed by atoms with Crippen LogP contribution in [-0.4, -0.2) is 27.5 Å². The van der Waals surface area contributed by atoms with Gasteiger partial charge in [0.2, 0.25) is 10.0 Å². The normalized spacial score (nSPS) is 11.3. The van der Waals surface area contributed by atoms with Crippen molar-refractivity contribution in [3.63, 3.8) is 0 Å². The minimum absolute atomic E-state index is 0.122. The molecule has 0 heterocycles. The number of nitrogens with one attached hydrogen (secondary N) is 2. The molecule has 24 heavy (non-hydrogen) atoms. The van der Waals surface area contributed by atoms with Gasteiger partial charge in [-0.3, -0.25) is 4.79 Å². The van der Waals surface area contributed by atoms with Crippen molar-refractivity contribution in [1.82, 2.24) is 4.72 Å². The molecule has 0 saturated heterocycles. The van der Waals surface area contributed by atoms with E-state index < -0.39 is 10.0 Å². The van der Waals surface area contributed by atoms with Crippen LogP contribution in [0.15, 0.2) is 53.4 Å². The monoisotopic (exact) mass is 348 g/mol. The number of methoxy groups -OCH3 is 1. The fraction of sp³-hybridized carbons (Fsp3) is 0.235. The molecular weight excluding hydrogens is 328 g/mol. The van der Waals surface area contributed by atoms with Crippen LogP contribution in [0.1, 0.15) is 24.2 Å². The van der Waals surface area contributed by atoms with Gasteiger partial charge in [-0.2, -0.15) is 0 Å². The summed E-state index contributed by atoms with van der Waals surface area (Å²) in [5.74, 6) is 0.376. The highest BCUT2D eigenvalue weighted by Gasteiger charge is 2.16. The molecule has 0 aliphatic rings. The number of anilines is 1. The minimum Gasteiger partial charge on any atom is -0.497 e. The van der Waals surface area contributed by atoms with Crippen LogP contribution in [0, 0.1) is 0 Å². The predicted octanol–water partition coefficient (Wildman–Crippen LogP) is 2.63. The highest BCUT2D eigenvalue weighted by Crippen LogP contribution is 2.17. The Balaban J connectivity index is 2.10. The maximum atomic E-state index is 12.2. The third kappa shape index (κ3) is 4.56. The first-order chi connectivity index (χ1) is 11.3. The number of hydrogen-bond donors (Lipinski definition) is 2. The van der Waals surface area contributed by atoms with E-state index in [2.05, 4.69) is 10.0 Å². The zero-order chi connectivity index (χ0) is 17.7. The smallest absolute Gasteiger partial charge is 0.255 e. The van der Waals surface area contributed by atoms with E-state index in [1.165, 1.54) is 24.3 Å². The maximum Gasteiger partial charge on any atom is 0.255 e. The molecule has 0 spiro atoms. The zero-order valence-corrected chi connectivity index (χ0v) is 14.6. The van der Waals surface area contributed by atoms with Crippen molar-refractivity contribution in [3.05, 3.63) is 54.1 Å². The lowest BCUT2D eigenvalue weighted by atomic mass is 10.2. The highest BCUT2D eigenvalue weighted by atomic mass is 32.2. The van der Waals surface area contributed by atoms with E-state index in [-0.39, 0.29) is 16.8 Å². The van der Waals surface area contributed by atoms with E-state index in [9.17, 15) is 13.2 Å². The Morgan fingerprint density at radius 2 is 1.58 bits per heavy atom. The standard InChI is InChI=1S/C17H20N2O4S/c1-12(2)19-24(21,22)16-10-4-13(5-11-16)17(20)18-14-6-8-15(23-3)9-7-14/h4-12,19H,1-3H3,(H,18,20). The Morgan fingerprint density at radius 3 is 2.08 bits per heavy atom. The molecule has 128 valence electrons. The summed E-state index contributed by atoms with van der Waals surface area (Å²) >= 11 is 0. The third-order valence-electron chi connectivity index (χ3n) is 3.17. The summed E-state index contributed by atoms with van der Waals surface area (Å²) in [6.45, 7) is 3.49. The second kappa shape index (κ2) is 7.46. The number of carbonyl (C=O) groups is 1. The average Bonchev–Trinajstić information content (AvgIpc) is 2.54. The van der Waals surface area contributed by atoms with Crippen LogP contribution in [-0.2, 0) is 10.0 Å². The second-order valence-corrected chi connectivity index (χ2v) is 7.20. The van der Waals surface area contributed by atoms with Crippen LogP contribution in [0.5, 0.6) is 5.75 Å². The van der Waals surface area contributed by atoms with Crippen LogP contribution in [0.25, 0.3) is 0 Å². The Kier molecular flexibility index (Phi) is 5.58. The summed E-state index contributed by atoms with van der Waals surface area (Å²) in [7, 11) is -2.00. The number of ether oxygens (including phenoxy) is 1. The lowest BCUT2D eigenvalue weighted by Crippen LogP contribution is -2.30. The van der Waals surface area contributed by atoms with Gasteiger partial charge in [0, 0.05) is 17.3 Å². The number of carbonyl (C=O) groups excluding carboxylic acids is 1. The van der Waals surface area contributed by atoms with Crippen molar-refractivity contribution < 1.29 is 17.9 Å². The molecule has 2 rings (SSSR count). The van der Waals surface area contributed by atoms with Crippen molar-refractivity contribution in [2.75, 3.05) is 12.4 Å². The third-order valence-corrected chi connectivity index (χ3v) is 4.84. The summed E-state index contributed by atoms with van der Waals surface area (Å²) < 4.78 is 31.7. The molecule has 0 aliphatic carbocycles. The quantitative estimate of drug-likeness (QED) is 0.840. The van der Waals surface area contributed by atoms with Crippen molar-refractivity contribution in [2.45, 2.75) is 24.8 Å². The molecule has 0 unspecified atom stereocenters. The SMILES string of the molecule is COc1ccc(NC(=O)c2ccc(S(=O)(=O)NC(C)C)cc2)cc1. The van der Waals surface area contributed by atoms with E-state index >= 15 is 0 Å². The molecule has 0 atom stereocenters. The van der Waals surface area contributed by atoms with Gasteiger partial charge in [-0.25, -0.2) is 13.1 Å². The van der Waals surface area contributed by atoms with Gasteiger partial charge < -0.3 is 10.1 Å². The molecule has 0 aliphatic heterocycles. The first-order valence-electron chi connectivity index (χ1n) is 7.39. The van der Waals surface area contributed by atoms with Crippen LogP contribution in [0.2, 0.25) is 0 Å². The van der Waals surface area contributed by atoms with Crippen molar-refractivity contribution in [2.24, 2.45) is 0 Å². The van der Waals surface area contributed by atoms with E-state index in [1.54, 1.807) is 45.2 Å². The molecule has 2 aromatic carbocycles. The lowest BCUT2D eigenvalue weighted by Gasteiger charge is -2.10. The second-order valence-electron chi connectivity index (χ2n) is 5.48. The summed E-state index contributed by atoms with van der Waals surface area (Å²) in [6, 6.07) is 12.5. The number of rotatable bonds is 6. The maximum absolute atomic E-state index is 12.2. The van der Waals surface area contributed by atoms with Crippen molar-refractivity contribution >= 4 is 21.6 Å². The van der Waals surface area contributed by atoms with Gasteiger partial charge in [-0.15, -0.1) is 0 Å². The van der Waals surface area contributed by atoms with Gasteiger partial charge in [0.05, 0.1) is 12.0 Å². The van der Waals surface area contributed by atoms with Gasteiger partial charge in [-0.05, 0) is 62.4 Å². The summed E-state index contributed by atoms with van der Waals surface area (Å²) in [6.07, 6.45) is 0. The topological polar surface area (TPSA) is 84.5 Å². The van der Waals surface area contributed by atoms with Gasteiger partial charge in [0.1, 0.15) is 5.75 Å².